The standard InChI is InChI=1S/C13H18O3/c1-9-4-5-10(12(14)15-3)6-13(2)8-16-7-11(9)13/h5,11H,1,4,6-8H2,2-3H3/t11-,13-/m1/s1. The number of ether oxygens (including phenoxy) is 2. The van der Waals surface area contributed by atoms with Crippen molar-refractivity contribution < 1.29 is 14.3 Å². The summed E-state index contributed by atoms with van der Waals surface area (Å²) in [6, 6.07) is 0. The number of rotatable bonds is 1. The average molecular weight is 222 g/mol. The van der Waals surface area contributed by atoms with Gasteiger partial charge in [0.05, 0.1) is 20.3 Å². The van der Waals surface area contributed by atoms with Gasteiger partial charge in [0, 0.05) is 16.9 Å². The second kappa shape index (κ2) is 4.06. The topological polar surface area (TPSA) is 35.5 Å². The highest BCUT2D eigenvalue weighted by atomic mass is 16.5. The fraction of sp³-hybridized carbons (Fsp3) is 0.615. The summed E-state index contributed by atoms with van der Waals surface area (Å²) < 4.78 is 10.3. The van der Waals surface area contributed by atoms with Crippen LogP contribution in [0.5, 0.6) is 0 Å². The van der Waals surface area contributed by atoms with E-state index in [1.807, 2.05) is 6.08 Å². The van der Waals surface area contributed by atoms with Crippen LogP contribution in [0.15, 0.2) is 23.8 Å². The van der Waals surface area contributed by atoms with Crippen LogP contribution in [0.1, 0.15) is 19.8 Å². The van der Waals surface area contributed by atoms with Crippen molar-refractivity contribution >= 4 is 5.97 Å². The van der Waals surface area contributed by atoms with Crippen molar-refractivity contribution in [2.75, 3.05) is 20.3 Å². The Labute approximate surface area is 96.1 Å². The molecule has 0 spiro atoms. The molecule has 1 aliphatic carbocycles. The van der Waals surface area contributed by atoms with E-state index in [0.29, 0.717) is 12.5 Å². The lowest BCUT2D eigenvalue weighted by Crippen LogP contribution is -2.27. The van der Waals surface area contributed by atoms with Gasteiger partial charge in [-0.2, -0.15) is 0 Å². The van der Waals surface area contributed by atoms with Crippen molar-refractivity contribution in [1.29, 1.82) is 0 Å². The first-order chi connectivity index (χ1) is 7.57. The molecule has 1 heterocycles. The Morgan fingerprint density at radius 1 is 1.69 bits per heavy atom. The van der Waals surface area contributed by atoms with Crippen LogP contribution < -0.4 is 0 Å². The summed E-state index contributed by atoms with van der Waals surface area (Å²) in [5.41, 5.74) is 1.94. The molecule has 3 nitrogen and oxygen atoms in total. The van der Waals surface area contributed by atoms with Crippen LogP contribution in [0.2, 0.25) is 0 Å². The molecule has 0 aromatic carbocycles. The van der Waals surface area contributed by atoms with Crippen LogP contribution >= 0.6 is 0 Å². The van der Waals surface area contributed by atoms with Crippen LogP contribution in [0.4, 0.5) is 0 Å². The van der Waals surface area contributed by atoms with Gasteiger partial charge in [0.2, 0.25) is 0 Å². The van der Waals surface area contributed by atoms with Gasteiger partial charge in [0.25, 0.3) is 0 Å². The van der Waals surface area contributed by atoms with Crippen LogP contribution in [0, 0.1) is 11.3 Å². The van der Waals surface area contributed by atoms with E-state index in [9.17, 15) is 4.79 Å². The third-order valence-corrected chi connectivity index (χ3v) is 3.70. The summed E-state index contributed by atoms with van der Waals surface area (Å²) in [5.74, 6) is 0.146. The van der Waals surface area contributed by atoms with Crippen molar-refractivity contribution in [1.82, 2.24) is 0 Å². The largest absolute Gasteiger partial charge is 0.466 e. The monoisotopic (exact) mass is 222 g/mol. The zero-order chi connectivity index (χ0) is 11.8. The Morgan fingerprint density at radius 2 is 2.44 bits per heavy atom. The highest BCUT2D eigenvalue weighted by Gasteiger charge is 2.43. The SMILES string of the molecule is C=C1CC=C(C(=O)OC)C[C@]2(C)COC[C@H]12. The lowest BCUT2D eigenvalue weighted by molar-refractivity contribution is -0.136. The third kappa shape index (κ3) is 1.80. The fourth-order valence-corrected chi connectivity index (χ4v) is 2.69. The zero-order valence-electron chi connectivity index (χ0n) is 9.91. The number of hydrogen-bond acceptors (Lipinski definition) is 3. The minimum absolute atomic E-state index is 0.00755. The predicted octanol–water partition coefficient (Wildman–Crippen LogP) is 2.09. The molecule has 0 aromatic rings. The van der Waals surface area contributed by atoms with E-state index in [1.165, 1.54) is 12.7 Å². The summed E-state index contributed by atoms with van der Waals surface area (Å²) in [7, 11) is 1.42. The van der Waals surface area contributed by atoms with E-state index in [4.69, 9.17) is 9.47 Å². The van der Waals surface area contributed by atoms with Gasteiger partial charge in [-0.05, 0) is 12.8 Å². The number of esters is 1. The van der Waals surface area contributed by atoms with Crippen molar-refractivity contribution in [3.63, 3.8) is 0 Å². The molecular weight excluding hydrogens is 204 g/mol. The molecule has 3 heteroatoms. The molecule has 2 atom stereocenters. The van der Waals surface area contributed by atoms with Gasteiger partial charge in [-0.15, -0.1) is 0 Å². The van der Waals surface area contributed by atoms with Crippen LogP contribution in [0.3, 0.4) is 0 Å². The first-order valence-corrected chi connectivity index (χ1v) is 5.59. The van der Waals surface area contributed by atoms with Crippen molar-refractivity contribution in [3.05, 3.63) is 23.8 Å². The second-order valence-corrected chi connectivity index (χ2v) is 4.98. The maximum absolute atomic E-state index is 11.6. The Balaban J connectivity index is 2.27. The molecule has 88 valence electrons. The Kier molecular flexibility index (Phi) is 2.89. The predicted molar refractivity (Wildman–Crippen MR) is 60.9 cm³/mol. The summed E-state index contributed by atoms with van der Waals surface area (Å²) in [6.45, 7) is 7.70. The Bertz CT molecular complexity index is 356. The summed E-state index contributed by atoms with van der Waals surface area (Å²) >= 11 is 0. The lowest BCUT2D eigenvalue weighted by atomic mass is 9.73. The number of allylic oxidation sites excluding steroid dienone is 1. The minimum Gasteiger partial charge on any atom is -0.466 e. The van der Waals surface area contributed by atoms with Crippen LogP contribution in [0.25, 0.3) is 0 Å². The van der Waals surface area contributed by atoms with Gasteiger partial charge in [-0.25, -0.2) is 4.79 Å². The molecule has 0 radical (unpaired) electrons. The van der Waals surface area contributed by atoms with Gasteiger partial charge in [0.1, 0.15) is 0 Å². The molecule has 0 aromatic heterocycles. The highest BCUT2D eigenvalue weighted by Crippen LogP contribution is 2.46. The number of fused-ring (bicyclic) bond motifs is 1. The second-order valence-electron chi connectivity index (χ2n) is 4.98. The molecule has 0 saturated carbocycles. The van der Waals surface area contributed by atoms with Crippen LogP contribution in [-0.2, 0) is 14.3 Å². The average Bonchev–Trinajstić information content (AvgIpc) is 2.60. The molecule has 1 saturated heterocycles. The molecule has 1 fully saturated rings. The number of methoxy groups -OCH3 is 1. The van der Waals surface area contributed by atoms with Crippen molar-refractivity contribution in [2.45, 2.75) is 19.8 Å². The molecular formula is C13H18O3. The fourth-order valence-electron chi connectivity index (χ4n) is 2.69. The molecule has 1 aliphatic heterocycles. The molecule has 0 N–H and O–H groups in total. The molecule has 2 rings (SSSR count). The number of carbonyl (C=O) groups excluding carboxylic acids is 1. The normalized spacial score (nSPS) is 34.0. The summed E-state index contributed by atoms with van der Waals surface area (Å²) in [5, 5.41) is 0. The van der Waals surface area contributed by atoms with Gasteiger partial charge in [-0.3, -0.25) is 0 Å². The van der Waals surface area contributed by atoms with Gasteiger partial charge in [-0.1, -0.05) is 25.2 Å². The smallest absolute Gasteiger partial charge is 0.333 e. The first-order valence-electron chi connectivity index (χ1n) is 5.59. The van der Waals surface area contributed by atoms with Crippen molar-refractivity contribution in [3.8, 4) is 0 Å². The lowest BCUT2D eigenvalue weighted by Gasteiger charge is -2.29. The summed E-state index contributed by atoms with van der Waals surface area (Å²) in [4.78, 5) is 11.6. The van der Waals surface area contributed by atoms with Gasteiger partial charge >= 0.3 is 5.97 Å². The molecule has 16 heavy (non-hydrogen) atoms. The van der Waals surface area contributed by atoms with E-state index in [1.54, 1.807) is 0 Å². The Morgan fingerprint density at radius 3 is 3.12 bits per heavy atom. The Hall–Kier alpha value is -1.09. The molecule has 2 aliphatic rings. The number of hydrogen-bond donors (Lipinski definition) is 0. The molecule has 0 amide bonds. The van der Waals surface area contributed by atoms with Gasteiger partial charge in [0.15, 0.2) is 0 Å². The van der Waals surface area contributed by atoms with Crippen LogP contribution in [-0.4, -0.2) is 26.3 Å². The molecule has 0 bridgehead atoms. The quantitative estimate of drug-likeness (QED) is 0.503. The van der Waals surface area contributed by atoms with E-state index in [0.717, 1.165) is 25.0 Å². The first kappa shape index (κ1) is 11.4. The van der Waals surface area contributed by atoms with E-state index < -0.39 is 0 Å². The van der Waals surface area contributed by atoms with E-state index >= 15 is 0 Å². The maximum atomic E-state index is 11.6. The number of carbonyl (C=O) groups is 1. The van der Waals surface area contributed by atoms with E-state index in [-0.39, 0.29) is 11.4 Å². The third-order valence-electron chi connectivity index (χ3n) is 3.70. The molecule has 0 unspecified atom stereocenters. The summed E-state index contributed by atoms with van der Waals surface area (Å²) in [6.07, 6.45) is 3.44. The minimum atomic E-state index is -0.221. The van der Waals surface area contributed by atoms with Gasteiger partial charge < -0.3 is 9.47 Å². The maximum Gasteiger partial charge on any atom is 0.333 e. The highest BCUT2D eigenvalue weighted by molar-refractivity contribution is 5.88. The van der Waals surface area contributed by atoms with E-state index in [2.05, 4.69) is 13.5 Å². The van der Waals surface area contributed by atoms with Crippen molar-refractivity contribution in [2.24, 2.45) is 11.3 Å². The zero-order valence-corrected chi connectivity index (χ0v) is 9.91.